The molecular weight excluding hydrogens is 346 g/mol. The Morgan fingerprint density at radius 1 is 0.926 bits per heavy atom. The minimum absolute atomic E-state index is 0.326. The Morgan fingerprint density at radius 2 is 1.63 bits per heavy atom. The third kappa shape index (κ3) is 3.06. The average Bonchev–Trinajstić information content (AvgIpc) is 3.09. The van der Waals surface area contributed by atoms with Crippen molar-refractivity contribution in [3.63, 3.8) is 0 Å². The van der Waals surface area contributed by atoms with Crippen molar-refractivity contribution in [3.05, 3.63) is 65.9 Å². The number of hydrogen-bond donors (Lipinski definition) is 1. The lowest BCUT2D eigenvalue weighted by molar-refractivity contribution is -0.149. The fourth-order valence-electron chi connectivity index (χ4n) is 3.23. The molecule has 0 bridgehead atoms. The van der Waals surface area contributed by atoms with E-state index in [4.69, 9.17) is 4.74 Å². The van der Waals surface area contributed by atoms with Crippen molar-refractivity contribution in [1.82, 2.24) is 4.98 Å². The first kappa shape index (κ1) is 16.9. The van der Waals surface area contributed by atoms with Crippen LogP contribution in [0.15, 0.2) is 54.7 Å². The number of ether oxygens (including phenoxy) is 1. The van der Waals surface area contributed by atoms with E-state index < -0.39 is 35.5 Å². The Bertz CT molecular complexity index is 1050. The summed E-state index contributed by atoms with van der Waals surface area (Å²) in [7, 11) is 0. The third-order valence-corrected chi connectivity index (χ3v) is 4.64. The third-order valence-electron chi connectivity index (χ3n) is 4.64. The highest BCUT2D eigenvalue weighted by molar-refractivity contribution is 6.61. The molecule has 6 nitrogen and oxygen atoms in total. The van der Waals surface area contributed by atoms with Crippen LogP contribution in [0, 0.1) is 0 Å². The van der Waals surface area contributed by atoms with Gasteiger partial charge in [-0.05, 0) is 29.3 Å². The van der Waals surface area contributed by atoms with Crippen LogP contribution in [-0.4, -0.2) is 28.1 Å². The molecule has 3 aromatic rings. The van der Waals surface area contributed by atoms with Gasteiger partial charge in [0, 0.05) is 17.1 Å². The molecule has 134 valence electrons. The second-order valence-electron chi connectivity index (χ2n) is 6.41. The monoisotopic (exact) mass is 361 g/mol. The van der Waals surface area contributed by atoms with Crippen molar-refractivity contribution < 1.29 is 23.9 Å². The summed E-state index contributed by atoms with van der Waals surface area (Å²) >= 11 is 0. The van der Waals surface area contributed by atoms with Crippen LogP contribution >= 0.6 is 0 Å². The van der Waals surface area contributed by atoms with Gasteiger partial charge in [0.15, 0.2) is 0 Å². The van der Waals surface area contributed by atoms with Gasteiger partial charge >= 0.3 is 0 Å². The SMILES string of the molecule is O=C1CC(=O)C(=O)C(c2c[nH]c3ccc(OCc4ccccc4)cc23)C1=O. The molecule has 0 amide bonds. The van der Waals surface area contributed by atoms with Gasteiger partial charge in [-0.1, -0.05) is 30.3 Å². The zero-order valence-corrected chi connectivity index (χ0v) is 14.2. The molecule has 1 aliphatic carbocycles. The normalized spacial score (nSPS) is 15.6. The summed E-state index contributed by atoms with van der Waals surface area (Å²) in [5.74, 6) is -4.14. The van der Waals surface area contributed by atoms with Crippen LogP contribution in [0.2, 0.25) is 0 Å². The molecule has 2 aromatic carbocycles. The molecule has 27 heavy (non-hydrogen) atoms. The summed E-state index contributed by atoms with van der Waals surface area (Å²) in [5.41, 5.74) is 2.01. The zero-order valence-electron chi connectivity index (χ0n) is 14.2. The molecule has 1 N–H and O–H groups in total. The van der Waals surface area contributed by atoms with E-state index in [9.17, 15) is 19.2 Å². The molecule has 1 heterocycles. The van der Waals surface area contributed by atoms with E-state index in [1.54, 1.807) is 18.2 Å². The number of aromatic nitrogens is 1. The largest absolute Gasteiger partial charge is 0.489 e. The summed E-state index contributed by atoms with van der Waals surface area (Å²) in [4.78, 5) is 51.0. The smallest absolute Gasteiger partial charge is 0.214 e. The molecule has 0 radical (unpaired) electrons. The van der Waals surface area contributed by atoms with Crippen molar-refractivity contribution >= 4 is 34.0 Å². The lowest BCUT2D eigenvalue weighted by atomic mass is 9.80. The number of carbonyl (C=O) groups excluding carboxylic acids is 4. The Labute approximate surface area is 154 Å². The molecule has 0 unspecified atom stereocenters. The highest BCUT2D eigenvalue weighted by Crippen LogP contribution is 2.32. The van der Waals surface area contributed by atoms with Crippen molar-refractivity contribution in [2.75, 3.05) is 0 Å². The van der Waals surface area contributed by atoms with E-state index in [0.717, 1.165) is 5.56 Å². The van der Waals surface area contributed by atoms with Gasteiger partial charge in [-0.15, -0.1) is 0 Å². The maximum Gasteiger partial charge on any atom is 0.214 e. The van der Waals surface area contributed by atoms with Crippen molar-refractivity contribution in [2.45, 2.75) is 18.9 Å². The van der Waals surface area contributed by atoms with Gasteiger partial charge in [-0.3, -0.25) is 19.2 Å². The van der Waals surface area contributed by atoms with Gasteiger partial charge in [0.05, 0.1) is 6.42 Å². The maximum absolute atomic E-state index is 12.3. The summed E-state index contributed by atoms with van der Waals surface area (Å²) in [5, 5.41) is 0.578. The summed E-state index contributed by atoms with van der Waals surface area (Å²) < 4.78 is 5.79. The Morgan fingerprint density at radius 3 is 2.33 bits per heavy atom. The van der Waals surface area contributed by atoms with Gasteiger partial charge in [0.25, 0.3) is 0 Å². The molecule has 1 aliphatic rings. The van der Waals surface area contributed by atoms with E-state index in [0.29, 0.717) is 28.8 Å². The lowest BCUT2D eigenvalue weighted by Crippen LogP contribution is -2.40. The number of Topliss-reactive ketones (excluding diaryl/α,β-unsaturated/α-hetero) is 4. The Hall–Kier alpha value is -3.54. The molecule has 1 fully saturated rings. The van der Waals surface area contributed by atoms with Gasteiger partial charge in [-0.25, -0.2) is 0 Å². The van der Waals surface area contributed by atoms with Gasteiger partial charge in [0.1, 0.15) is 18.3 Å². The summed E-state index contributed by atoms with van der Waals surface area (Å²) in [6, 6.07) is 14.9. The van der Waals surface area contributed by atoms with E-state index in [1.165, 1.54) is 6.20 Å². The van der Waals surface area contributed by atoms with Crippen molar-refractivity contribution in [2.24, 2.45) is 0 Å². The molecule has 1 saturated carbocycles. The molecule has 0 atom stereocenters. The molecular formula is C21H15NO5. The van der Waals surface area contributed by atoms with E-state index in [-0.39, 0.29) is 0 Å². The molecule has 0 aliphatic heterocycles. The first-order valence-electron chi connectivity index (χ1n) is 8.46. The molecule has 4 rings (SSSR count). The minimum atomic E-state index is -1.38. The molecule has 0 saturated heterocycles. The number of nitrogens with one attached hydrogen (secondary N) is 1. The zero-order chi connectivity index (χ0) is 19.0. The van der Waals surface area contributed by atoms with Crippen LogP contribution in [0.3, 0.4) is 0 Å². The number of ketones is 4. The highest BCUT2D eigenvalue weighted by Gasteiger charge is 2.43. The number of carbonyl (C=O) groups is 4. The standard InChI is InChI=1S/C21H15NO5/c23-17-9-18(24)21(26)19(20(17)25)15-10-22-16-7-6-13(8-14(15)16)27-11-12-4-2-1-3-5-12/h1-8,10,19,22H,9,11H2. The number of H-pyrrole nitrogens is 1. The quantitative estimate of drug-likeness (QED) is 0.569. The highest BCUT2D eigenvalue weighted by atomic mass is 16.5. The van der Waals surface area contributed by atoms with Gasteiger partial charge in [-0.2, -0.15) is 0 Å². The predicted molar refractivity (Wildman–Crippen MR) is 96.5 cm³/mol. The van der Waals surface area contributed by atoms with Gasteiger partial charge < -0.3 is 9.72 Å². The lowest BCUT2D eigenvalue weighted by Gasteiger charge is -2.17. The van der Waals surface area contributed by atoms with Crippen molar-refractivity contribution in [1.29, 1.82) is 0 Å². The maximum atomic E-state index is 12.3. The number of rotatable bonds is 4. The summed E-state index contributed by atoms with van der Waals surface area (Å²) in [6.45, 7) is 0.365. The molecule has 1 aromatic heterocycles. The molecule has 0 spiro atoms. The number of fused-ring (bicyclic) bond motifs is 1. The van der Waals surface area contributed by atoms with Crippen LogP contribution in [0.5, 0.6) is 5.75 Å². The first-order chi connectivity index (χ1) is 13.0. The predicted octanol–water partition coefficient (Wildman–Crippen LogP) is 2.51. The Kier molecular flexibility index (Phi) is 4.16. The van der Waals surface area contributed by atoms with Crippen LogP contribution < -0.4 is 4.74 Å². The fraction of sp³-hybridized carbons (Fsp3) is 0.143. The van der Waals surface area contributed by atoms with Crippen LogP contribution in [0.1, 0.15) is 23.5 Å². The number of hydrogen-bond acceptors (Lipinski definition) is 5. The second kappa shape index (κ2) is 6.64. The summed E-state index contributed by atoms with van der Waals surface area (Å²) in [6.07, 6.45) is 0.861. The second-order valence-corrected chi connectivity index (χ2v) is 6.41. The van der Waals surface area contributed by atoms with Crippen LogP contribution in [0.4, 0.5) is 0 Å². The number of aromatic amines is 1. The molecule has 6 heteroatoms. The number of benzene rings is 2. The minimum Gasteiger partial charge on any atom is -0.489 e. The Balaban J connectivity index is 1.68. The van der Waals surface area contributed by atoms with E-state index in [1.807, 2.05) is 30.3 Å². The fourth-order valence-corrected chi connectivity index (χ4v) is 3.23. The van der Waals surface area contributed by atoms with Crippen LogP contribution in [0.25, 0.3) is 10.9 Å². The topological polar surface area (TPSA) is 93.3 Å². The van der Waals surface area contributed by atoms with Crippen LogP contribution in [-0.2, 0) is 25.8 Å². The van der Waals surface area contributed by atoms with Crippen molar-refractivity contribution in [3.8, 4) is 5.75 Å². The van der Waals surface area contributed by atoms with E-state index in [2.05, 4.69) is 4.98 Å². The van der Waals surface area contributed by atoms with E-state index >= 15 is 0 Å². The first-order valence-corrected chi connectivity index (χ1v) is 8.46. The average molecular weight is 361 g/mol. The van der Waals surface area contributed by atoms with Gasteiger partial charge in [0.2, 0.25) is 23.1 Å².